The third-order valence-corrected chi connectivity index (χ3v) is 13.7. The van der Waals surface area contributed by atoms with Crippen molar-refractivity contribution in [3.05, 3.63) is 36.5 Å². The molecule has 0 fully saturated rings. The number of carbonyl (C=O) groups excluding carboxylic acids is 3. The van der Waals surface area contributed by atoms with Crippen LogP contribution in [0.3, 0.4) is 0 Å². The number of ether oxygens (including phenoxy) is 3. The third-order valence-electron chi connectivity index (χ3n) is 13.7. The maximum atomic E-state index is 12.9. The summed E-state index contributed by atoms with van der Waals surface area (Å²) in [7, 11) is 0. The second-order valence-corrected chi connectivity index (χ2v) is 20.6. The zero-order valence-electron chi connectivity index (χ0n) is 46.3. The van der Waals surface area contributed by atoms with Crippen LogP contribution in [0.15, 0.2) is 36.5 Å². The van der Waals surface area contributed by atoms with Gasteiger partial charge in [0.2, 0.25) is 0 Å². The highest BCUT2D eigenvalue weighted by molar-refractivity contribution is 5.71. The molecule has 0 saturated heterocycles. The van der Waals surface area contributed by atoms with Crippen LogP contribution < -0.4 is 0 Å². The van der Waals surface area contributed by atoms with Crippen molar-refractivity contribution in [2.24, 2.45) is 0 Å². The van der Waals surface area contributed by atoms with Crippen LogP contribution in [-0.2, 0) is 28.6 Å². The lowest BCUT2D eigenvalue weighted by atomic mass is 10.0. The lowest BCUT2D eigenvalue weighted by Gasteiger charge is -2.18. The summed E-state index contributed by atoms with van der Waals surface area (Å²) in [5, 5.41) is 0. The first-order valence-corrected chi connectivity index (χ1v) is 30.5. The topological polar surface area (TPSA) is 78.9 Å². The van der Waals surface area contributed by atoms with Crippen LogP contribution in [0.25, 0.3) is 0 Å². The fraction of sp³-hybridized carbons (Fsp3) is 0.857. The Morgan fingerprint density at radius 3 is 0.884 bits per heavy atom. The second kappa shape index (κ2) is 58.2. The Hall–Kier alpha value is -2.37. The first-order chi connectivity index (χ1) is 34.0. The van der Waals surface area contributed by atoms with Gasteiger partial charge in [-0.3, -0.25) is 14.4 Å². The highest BCUT2D eigenvalue weighted by Crippen LogP contribution is 2.18. The van der Waals surface area contributed by atoms with Gasteiger partial charge in [-0.15, -0.1) is 0 Å². The van der Waals surface area contributed by atoms with Gasteiger partial charge in [-0.1, -0.05) is 295 Å². The summed E-state index contributed by atoms with van der Waals surface area (Å²) in [6, 6.07) is 0. The summed E-state index contributed by atoms with van der Waals surface area (Å²) in [5.74, 6) is -0.866. The van der Waals surface area contributed by atoms with E-state index in [9.17, 15) is 14.4 Å². The molecule has 0 aromatic carbocycles. The van der Waals surface area contributed by atoms with Crippen molar-refractivity contribution in [3.8, 4) is 0 Å². The molecular weight excluding hydrogens is 853 g/mol. The summed E-state index contributed by atoms with van der Waals surface area (Å²) in [4.78, 5) is 38.2. The molecule has 0 spiro atoms. The lowest BCUT2D eigenvalue weighted by Crippen LogP contribution is -2.30. The van der Waals surface area contributed by atoms with E-state index in [1.807, 2.05) is 0 Å². The molecule has 0 aliphatic heterocycles. The summed E-state index contributed by atoms with van der Waals surface area (Å²) in [6.07, 6.45) is 70.0. The Bertz CT molecular complexity index is 1160. The van der Waals surface area contributed by atoms with E-state index in [4.69, 9.17) is 14.2 Å². The maximum absolute atomic E-state index is 12.9. The van der Waals surface area contributed by atoms with Crippen molar-refractivity contribution >= 4 is 17.9 Å². The number of allylic oxidation sites excluding steroid dienone is 6. The van der Waals surface area contributed by atoms with Crippen LogP contribution >= 0.6 is 0 Å². The first-order valence-electron chi connectivity index (χ1n) is 30.5. The van der Waals surface area contributed by atoms with Crippen molar-refractivity contribution in [3.63, 3.8) is 0 Å². The van der Waals surface area contributed by atoms with Crippen molar-refractivity contribution in [1.29, 1.82) is 0 Å². The third kappa shape index (κ3) is 56.4. The number of hydrogen-bond acceptors (Lipinski definition) is 6. The van der Waals surface area contributed by atoms with Crippen LogP contribution in [0.2, 0.25) is 0 Å². The average molecular weight is 970 g/mol. The Morgan fingerprint density at radius 2 is 0.565 bits per heavy atom. The number of rotatable bonds is 56. The second-order valence-electron chi connectivity index (χ2n) is 20.6. The van der Waals surface area contributed by atoms with Gasteiger partial charge in [0.15, 0.2) is 6.10 Å². The molecule has 0 saturated carbocycles. The summed E-state index contributed by atoms with van der Waals surface area (Å²) in [5.41, 5.74) is 0. The van der Waals surface area contributed by atoms with Crippen molar-refractivity contribution in [1.82, 2.24) is 0 Å². The van der Waals surface area contributed by atoms with E-state index in [-0.39, 0.29) is 31.1 Å². The van der Waals surface area contributed by atoms with Gasteiger partial charge in [-0.2, -0.15) is 0 Å². The molecular formula is C63H116O6. The number of esters is 3. The zero-order valence-corrected chi connectivity index (χ0v) is 46.3. The maximum Gasteiger partial charge on any atom is 0.306 e. The van der Waals surface area contributed by atoms with Crippen LogP contribution in [0, 0.1) is 0 Å². The molecule has 6 heteroatoms. The minimum atomic E-state index is -0.775. The molecule has 0 aromatic rings. The molecule has 1 unspecified atom stereocenters. The molecule has 0 radical (unpaired) electrons. The molecule has 404 valence electrons. The van der Waals surface area contributed by atoms with E-state index in [0.717, 1.165) is 96.3 Å². The molecule has 69 heavy (non-hydrogen) atoms. The first kappa shape index (κ1) is 66.6. The monoisotopic (exact) mass is 969 g/mol. The molecule has 0 aromatic heterocycles. The minimum absolute atomic E-state index is 0.0724. The Kier molecular flexibility index (Phi) is 56.2. The Morgan fingerprint density at radius 1 is 0.304 bits per heavy atom. The summed E-state index contributed by atoms with van der Waals surface area (Å²) >= 11 is 0. The van der Waals surface area contributed by atoms with Gasteiger partial charge >= 0.3 is 17.9 Å². The molecule has 0 aliphatic carbocycles. The van der Waals surface area contributed by atoms with Gasteiger partial charge in [0.1, 0.15) is 13.2 Å². The van der Waals surface area contributed by atoms with Crippen LogP contribution in [-0.4, -0.2) is 37.2 Å². The zero-order chi connectivity index (χ0) is 50.0. The predicted molar refractivity (Wildman–Crippen MR) is 298 cm³/mol. The highest BCUT2D eigenvalue weighted by atomic mass is 16.6. The molecule has 0 rings (SSSR count). The van der Waals surface area contributed by atoms with E-state index < -0.39 is 6.10 Å². The van der Waals surface area contributed by atoms with Crippen molar-refractivity contribution in [2.75, 3.05) is 13.2 Å². The largest absolute Gasteiger partial charge is 0.462 e. The van der Waals surface area contributed by atoms with Gasteiger partial charge in [0.25, 0.3) is 0 Å². The van der Waals surface area contributed by atoms with E-state index >= 15 is 0 Å². The number of carbonyl (C=O) groups is 3. The van der Waals surface area contributed by atoms with Gasteiger partial charge in [-0.05, 0) is 51.4 Å². The SMILES string of the molecule is CC/C=C\C/C=C\C/C=C\CCCCCCCC(=O)OCC(COC(=O)CCCCCCCCCCCCCCCCCCCC)OC(=O)CCCCCCCCCCCCCCCCCCCC. The minimum Gasteiger partial charge on any atom is -0.462 e. The summed E-state index contributed by atoms with van der Waals surface area (Å²) in [6.45, 7) is 6.57. The van der Waals surface area contributed by atoms with E-state index in [1.54, 1.807) is 0 Å². The van der Waals surface area contributed by atoms with Gasteiger partial charge in [0.05, 0.1) is 0 Å². The van der Waals surface area contributed by atoms with E-state index in [0.29, 0.717) is 19.3 Å². The van der Waals surface area contributed by atoms with Gasteiger partial charge in [0, 0.05) is 19.3 Å². The molecule has 0 amide bonds. The fourth-order valence-electron chi connectivity index (χ4n) is 9.11. The fourth-order valence-corrected chi connectivity index (χ4v) is 9.11. The van der Waals surface area contributed by atoms with Crippen molar-refractivity contribution < 1.29 is 28.6 Å². The Labute approximate surface area is 429 Å². The highest BCUT2D eigenvalue weighted by Gasteiger charge is 2.19. The standard InChI is InChI=1S/C63H116O6/c1-4-7-10-13-16-19-22-25-28-30-32-35-38-41-44-47-50-53-56-62(65)68-59-60(58-67-61(64)55-52-49-46-43-40-37-34-27-24-21-18-15-12-9-6-3)69-63(66)57-54-51-48-45-42-39-36-33-31-29-26-23-20-17-14-11-8-5-2/h9,12,18,21,27,34,60H,4-8,10-11,13-17,19-20,22-26,28-33,35-59H2,1-3H3/b12-9-,21-18-,34-27-. The van der Waals surface area contributed by atoms with E-state index in [1.165, 1.54) is 193 Å². The van der Waals surface area contributed by atoms with Crippen LogP contribution in [0.1, 0.15) is 329 Å². The van der Waals surface area contributed by atoms with Gasteiger partial charge < -0.3 is 14.2 Å². The quantitative estimate of drug-likeness (QED) is 0.0261. The summed E-state index contributed by atoms with van der Waals surface area (Å²) < 4.78 is 16.9. The van der Waals surface area contributed by atoms with Gasteiger partial charge in [-0.25, -0.2) is 0 Å². The normalized spacial score (nSPS) is 12.2. The predicted octanol–water partition coefficient (Wildman–Crippen LogP) is 20.4. The smallest absolute Gasteiger partial charge is 0.306 e. The van der Waals surface area contributed by atoms with Crippen LogP contribution in [0.4, 0.5) is 0 Å². The number of hydrogen-bond donors (Lipinski definition) is 0. The molecule has 0 bridgehead atoms. The molecule has 0 N–H and O–H groups in total. The Balaban J connectivity index is 4.33. The number of unbranched alkanes of at least 4 members (excludes halogenated alkanes) is 39. The molecule has 1 atom stereocenters. The van der Waals surface area contributed by atoms with Crippen LogP contribution in [0.5, 0.6) is 0 Å². The van der Waals surface area contributed by atoms with Crippen molar-refractivity contribution in [2.45, 2.75) is 335 Å². The van der Waals surface area contributed by atoms with E-state index in [2.05, 4.69) is 57.2 Å². The lowest BCUT2D eigenvalue weighted by molar-refractivity contribution is -0.167. The molecule has 0 heterocycles. The molecule has 6 nitrogen and oxygen atoms in total. The average Bonchev–Trinajstić information content (AvgIpc) is 3.35. The molecule has 0 aliphatic rings.